The number of ether oxygens (including phenoxy) is 2. The molecule has 134 valence electrons. The summed E-state index contributed by atoms with van der Waals surface area (Å²) in [6.45, 7) is 0.953. The summed E-state index contributed by atoms with van der Waals surface area (Å²) < 4.78 is 38.4. The van der Waals surface area contributed by atoms with Crippen molar-refractivity contribution in [1.82, 2.24) is 14.3 Å². The van der Waals surface area contributed by atoms with Crippen LogP contribution in [0.5, 0.6) is 11.8 Å². The lowest BCUT2D eigenvalue weighted by molar-refractivity contribution is 0.118. The Morgan fingerprint density at radius 3 is 2.46 bits per heavy atom. The summed E-state index contributed by atoms with van der Waals surface area (Å²) in [5.41, 5.74) is 0. The fraction of sp³-hybridized carbons (Fsp3) is 0.750. The van der Waals surface area contributed by atoms with Crippen LogP contribution in [-0.4, -0.2) is 54.2 Å². The third kappa shape index (κ3) is 3.80. The van der Waals surface area contributed by atoms with Crippen LogP contribution in [0.25, 0.3) is 0 Å². The Morgan fingerprint density at radius 2 is 1.75 bits per heavy atom. The number of methoxy groups -OCH3 is 1. The molecule has 8 heteroatoms. The molecule has 1 saturated heterocycles. The van der Waals surface area contributed by atoms with Crippen molar-refractivity contribution in [3.63, 3.8) is 0 Å². The van der Waals surface area contributed by atoms with Crippen LogP contribution in [0.2, 0.25) is 0 Å². The van der Waals surface area contributed by atoms with Gasteiger partial charge in [-0.05, 0) is 25.7 Å². The van der Waals surface area contributed by atoms with E-state index in [1.807, 2.05) is 0 Å². The van der Waals surface area contributed by atoms with Gasteiger partial charge in [0, 0.05) is 18.9 Å². The third-order valence-electron chi connectivity index (χ3n) is 4.78. The minimum absolute atomic E-state index is 0.220. The summed E-state index contributed by atoms with van der Waals surface area (Å²) in [5, 5.41) is -0.226. The topological polar surface area (TPSA) is 81.6 Å². The summed E-state index contributed by atoms with van der Waals surface area (Å²) >= 11 is 0. The Labute approximate surface area is 143 Å². The van der Waals surface area contributed by atoms with Gasteiger partial charge in [-0.15, -0.1) is 0 Å². The molecule has 0 bridgehead atoms. The first-order valence-electron chi connectivity index (χ1n) is 8.62. The van der Waals surface area contributed by atoms with Crippen molar-refractivity contribution in [2.75, 3.05) is 20.2 Å². The summed E-state index contributed by atoms with van der Waals surface area (Å²) in [4.78, 5) is 8.21. The zero-order valence-electron chi connectivity index (χ0n) is 14.1. The van der Waals surface area contributed by atoms with Crippen molar-refractivity contribution >= 4 is 10.0 Å². The molecule has 0 N–H and O–H groups in total. The average molecular weight is 355 g/mol. The van der Waals surface area contributed by atoms with E-state index in [0.29, 0.717) is 24.8 Å². The molecule has 2 aliphatic rings. The van der Waals surface area contributed by atoms with Gasteiger partial charge >= 0.3 is 0 Å². The predicted molar refractivity (Wildman–Crippen MR) is 89.6 cm³/mol. The zero-order valence-corrected chi connectivity index (χ0v) is 14.9. The van der Waals surface area contributed by atoms with Crippen LogP contribution in [-0.2, 0) is 10.0 Å². The van der Waals surface area contributed by atoms with Gasteiger partial charge < -0.3 is 9.47 Å². The van der Waals surface area contributed by atoms with E-state index in [4.69, 9.17) is 9.47 Å². The molecule has 1 aliphatic carbocycles. The minimum Gasteiger partial charge on any atom is -0.477 e. The predicted octanol–water partition coefficient (Wildman–Crippen LogP) is 1.99. The molecule has 2 fully saturated rings. The van der Waals surface area contributed by atoms with Gasteiger partial charge in [-0.1, -0.05) is 19.3 Å². The summed E-state index contributed by atoms with van der Waals surface area (Å²) in [7, 11) is -1.73. The lowest BCUT2D eigenvalue weighted by atomic mass is 10.0. The first-order chi connectivity index (χ1) is 11.6. The maximum atomic E-state index is 12.9. The van der Waals surface area contributed by atoms with Crippen LogP contribution >= 0.6 is 0 Å². The minimum atomic E-state index is -3.24. The number of sulfonamides is 1. The number of hydrogen-bond acceptors (Lipinski definition) is 6. The quantitative estimate of drug-likeness (QED) is 0.803. The van der Waals surface area contributed by atoms with E-state index >= 15 is 0 Å². The Kier molecular flexibility index (Phi) is 5.55. The molecule has 0 amide bonds. The highest BCUT2D eigenvalue weighted by molar-refractivity contribution is 7.89. The second-order valence-corrected chi connectivity index (χ2v) is 8.63. The smallest absolute Gasteiger partial charge is 0.278 e. The zero-order chi connectivity index (χ0) is 17.0. The van der Waals surface area contributed by atoms with Gasteiger partial charge in [-0.25, -0.2) is 18.4 Å². The highest BCUT2D eigenvalue weighted by Gasteiger charge is 2.36. The molecule has 1 aromatic rings. The van der Waals surface area contributed by atoms with E-state index in [1.165, 1.54) is 19.5 Å². The molecular formula is C16H25N3O4S. The van der Waals surface area contributed by atoms with Crippen molar-refractivity contribution in [2.24, 2.45) is 0 Å². The highest BCUT2D eigenvalue weighted by atomic mass is 32.2. The Bertz CT molecular complexity index is 646. The van der Waals surface area contributed by atoms with Crippen molar-refractivity contribution < 1.29 is 17.9 Å². The molecular weight excluding hydrogens is 330 g/mol. The van der Waals surface area contributed by atoms with E-state index in [1.54, 1.807) is 4.31 Å². The maximum absolute atomic E-state index is 12.9. The van der Waals surface area contributed by atoms with E-state index in [-0.39, 0.29) is 11.4 Å². The van der Waals surface area contributed by atoms with Crippen LogP contribution in [0.1, 0.15) is 44.9 Å². The summed E-state index contributed by atoms with van der Waals surface area (Å²) in [6.07, 6.45) is 9.17. The maximum Gasteiger partial charge on any atom is 0.278 e. The Hall–Kier alpha value is -1.41. The molecule has 1 unspecified atom stereocenters. The highest BCUT2D eigenvalue weighted by Crippen LogP contribution is 2.29. The van der Waals surface area contributed by atoms with Crippen LogP contribution in [0.15, 0.2) is 12.4 Å². The molecule has 1 saturated carbocycles. The molecule has 0 aromatic carbocycles. The lowest BCUT2D eigenvalue weighted by Crippen LogP contribution is -2.48. The molecule has 0 spiro atoms. The Morgan fingerprint density at radius 1 is 1.04 bits per heavy atom. The normalized spacial score (nSPS) is 23.8. The molecule has 1 aliphatic heterocycles. The largest absolute Gasteiger partial charge is 0.477 e. The third-order valence-corrected chi connectivity index (χ3v) is 7.14. The monoisotopic (exact) mass is 355 g/mol. The van der Waals surface area contributed by atoms with E-state index in [9.17, 15) is 8.42 Å². The van der Waals surface area contributed by atoms with Crippen molar-refractivity contribution in [3.05, 3.63) is 12.4 Å². The average Bonchev–Trinajstić information content (AvgIpc) is 2.63. The number of rotatable bonds is 5. The van der Waals surface area contributed by atoms with E-state index in [2.05, 4.69) is 9.97 Å². The standard InChI is InChI=1S/C16H25N3O4S/c1-22-15-16(18-10-9-17-15)23-13-6-5-11-19(12-13)24(20,21)14-7-3-2-4-8-14/h9-10,13-14H,2-8,11-12H2,1H3. The fourth-order valence-electron chi connectivity index (χ4n) is 3.50. The molecule has 0 radical (unpaired) electrons. The SMILES string of the molecule is COc1nccnc1OC1CCCN(S(=O)(=O)C2CCCCC2)C1. The summed E-state index contributed by atoms with van der Waals surface area (Å²) in [5.74, 6) is 0.645. The van der Waals surface area contributed by atoms with Gasteiger partial charge in [0.1, 0.15) is 6.10 Å². The first kappa shape index (κ1) is 17.4. The van der Waals surface area contributed by atoms with Gasteiger partial charge in [0.15, 0.2) is 0 Å². The molecule has 24 heavy (non-hydrogen) atoms. The van der Waals surface area contributed by atoms with Gasteiger partial charge in [0.05, 0.1) is 18.9 Å². The molecule has 7 nitrogen and oxygen atoms in total. The number of piperidine rings is 1. The lowest BCUT2D eigenvalue weighted by Gasteiger charge is -2.35. The summed E-state index contributed by atoms with van der Waals surface area (Å²) in [6, 6.07) is 0. The van der Waals surface area contributed by atoms with Crippen molar-refractivity contribution in [1.29, 1.82) is 0 Å². The van der Waals surface area contributed by atoms with Crippen molar-refractivity contribution in [2.45, 2.75) is 56.3 Å². The number of nitrogens with zero attached hydrogens (tertiary/aromatic N) is 3. The van der Waals surface area contributed by atoms with E-state index in [0.717, 1.165) is 44.9 Å². The second kappa shape index (κ2) is 7.65. The van der Waals surface area contributed by atoms with E-state index < -0.39 is 10.0 Å². The molecule has 2 heterocycles. The molecule has 3 rings (SSSR count). The van der Waals surface area contributed by atoms with Crippen LogP contribution in [0.3, 0.4) is 0 Å². The number of hydrogen-bond donors (Lipinski definition) is 0. The van der Waals surface area contributed by atoms with Gasteiger partial charge in [-0.3, -0.25) is 0 Å². The van der Waals surface area contributed by atoms with Gasteiger partial charge in [0.25, 0.3) is 11.8 Å². The van der Waals surface area contributed by atoms with Crippen molar-refractivity contribution in [3.8, 4) is 11.8 Å². The van der Waals surface area contributed by atoms with Gasteiger partial charge in [0.2, 0.25) is 10.0 Å². The molecule has 1 aromatic heterocycles. The van der Waals surface area contributed by atoms with Crippen LogP contribution in [0, 0.1) is 0 Å². The Balaban J connectivity index is 1.67. The number of aromatic nitrogens is 2. The van der Waals surface area contributed by atoms with Crippen LogP contribution < -0.4 is 9.47 Å². The van der Waals surface area contributed by atoms with Gasteiger partial charge in [-0.2, -0.15) is 4.31 Å². The molecule has 1 atom stereocenters. The van der Waals surface area contributed by atoms with Crippen LogP contribution in [0.4, 0.5) is 0 Å². The first-order valence-corrected chi connectivity index (χ1v) is 10.1. The fourth-order valence-corrected chi connectivity index (χ4v) is 5.61. The second-order valence-electron chi connectivity index (χ2n) is 6.42.